The van der Waals surface area contributed by atoms with Gasteiger partial charge in [0.1, 0.15) is 47.9 Å². The van der Waals surface area contributed by atoms with Gasteiger partial charge in [0.2, 0.25) is 0 Å². The van der Waals surface area contributed by atoms with Crippen LogP contribution in [0.4, 0.5) is 74.4 Å². The standard InChI is InChI=1S/2C25H28FN3O4S2.C13H12FNO4S2.C13H20N2O.C7H6ClFO2S.C6H7NO2S.C2H3N.Na/c2*1-15-14-16(2)23(29-9-11-33-12-10-29)18(4)22(15)27-25(30)24-20(8-13-34-24)28-35(31,32)21-7-5-6-19(26)17(21)3;1-8-9(14)4-3-5-11(8)21(17,18)15-10-6-7-20-12(10)13(16)19-2;1-9-8-10(2)13(11(3)12(9)14)15-4-6-16-7-5-15;1-5-6(9)3-2-4-7(5)12(8,10)11;1-9-6(8)5-4(7)2-3-10-5;1-2-3;/h5-8,13-14H,9-12H2,1-4H3,(H2,27,28,30);5-8,13-14,28H,9-12H2,1-4H3,(H,27,30);3-7,15H,1-2H3;8H,4-7,14H2,1-3H3;2-4H,1H3;2-3H,7H2,1H3;1H3;/q;;;;;;;+1/p-1. The number of halogens is 5. The van der Waals surface area contributed by atoms with Crippen LogP contribution in [0.15, 0.2) is 156 Å². The van der Waals surface area contributed by atoms with Crippen molar-refractivity contribution < 1.29 is 124 Å². The van der Waals surface area contributed by atoms with E-state index < -0.39 is 80.2 Å². The molecule has 7 heterocycles. The van der Waals surface area contributed by atoms with Gasteiger partial charge in [0.15, 0.2) is 0 Å². The third-order valence-corrected chi connectivity index (χ3v) is 30.4. The Morgan fingerprint density at radius 3 is 1.14 bits per heavy atom. The average molecular weight is 2010 g/mol. The number of rotatable bonds is 19. The molecule has 0 spiro atoms. The second kappa shape index (κ2) is 49.3. The van der Waals surface area contributed by atoms with Gasteiger partial charge < -0.3 is 65.2 Å². The second-order valence-electron chi connectivity index (χ2n) is 29.9. The van der Waals surface area contributed by atoms with Gasteiger partial charge in [0.25, 0.3) is 40.9 Å². The number of nitrogens with two attached hydrogens (primary N) is 2. The molecule has 2 amide bonds. The largest absolute Gasteiger partial charge is 1.00 e. The first-order valence-electron chi connectivity index (χ1n) is 40.5. The molecule has 3 fully saturated rings. The van der Waals surface area contributed by atoms with Gasteiger partial charge in [-0.15, -0.1) is 51.0 Å². The number of carbonyl (C=O) groups is 4. The number of nitriles is 1. The number of hydrogen-bond donors (Lipinski definition) is 6. The van der Waals surface area contributed by atoms with Crippen molar-refractivity contribution in [2.24, 2.45) is 0 Å². The molecule has 3 aliphatic rings. The number of sulfonamides is 3. The molecule has 7 aromatic carbocycles. The van der Waals surface area contributed by atoms with Crippen LogP contribution >= 0.6 is 56.0 Å². The first-order valence-corrected chi connectivity index (χ1v) is 50.7. The Kier molecular flexibility index (Phi) is 40.7. The predicted molar refractivity (Wildman–Crippen MR) is 516 cm³/mol. The molecular weight excluding hydrogens is 1910 g/mol. The third kappa shape index (κ3) is 28.2. The summed E-state index contributed by atoms with van der Waals surface area (Å²) in [6, 6.07) is 29.3. The number of amides is 2. The zero-order chi connectivity index (χ0) is 97.6. The van der Waals surface area contributed by atoms with E-state index in [0.29, 0.717) is 48.4 Å². The third-order valence-electron chi connectivity index (χ3n) is 20.8. The van der Waals surface area contributed by atoms with E-state index in [9.17, 15) is 70.4 Å². The minimum atomic E-state index is -4.22. The van der Waals surface area contributed by atoms with Crippen LogP contribution in [-0.2, 0) is 62.8 Å². The Morgan fingerprint density at radius 2 is 0.752 bits per heavy atom. The molecule has 3 saturated heterocycles. The maximum absolute atomic E-state index is 13.9. The summed E-state index contributed by atoms with van der Waals surface area (Å²) >= 11 is 4.56. The van der Waals surface area contributed by atoms with Crippen LogP contribution in [0.1, 0.15) is 118 Å². The average Bonchev–Trinajstić information content (AvgIpc) is 1.51. The van der Waals surface area contributed by atoms with Crippen molar-refractivity contribution in [3.05, 3.63) is 257 Å². The Labute approximate surface area is 816 Å². The summed E-state index contributed by atoms with van der Waals surface area (Å²) in [5.74, 6) is -4.31. The molecule has 708 valence electrons. The van der Waals surface area contributed by atoms with E-state index in [1.54, 1.807) is 33.7 Å². The van der Waals surface area contributed by atoms with E-state index in [0.717, 1.165) is 137 Å². The number of esters is 2. The minimum Gasteiger partial charge on any atom is -0.571 e. The summed E-state index contributed by atoms with van der Waals surface area (Å²) in [7, 11) is -8.54. The van der Waals surface area contributed by atoms with E-state index in [-0.39, 0.29) is 109 Å². The SMILES string of the molecule is CC#N.COC(=O)c1sccc1N.COC(=O)c1sccc1NS(=O)(=O)c1cccc(F)c1C.Cc1c(F)cccc1S(=O)(=O)Cl.Cc1cc(C)c(N2CCOCC2)c(C)c1N.Cc1cc(C)c(N2CCOCC2)c(C)c1NC(=O)c1sccc1NS(=O)(=O)c1cccc(F)c1C.Cc1cc(C)c(N2CCOCC2)c(C)c1NC(=O)c1sccc1[N-]S(=O)(=O)c1cccc(F)c1C.[Na+]. The van der Waals surface area contributed by atoms with Crippen molar-refractivity contribution in [1.29, 1.82) is 5.26 Å². The predicted octanol–water partition coefficient (Wildman–Crippen LogP) is 16.1. The first kappa shape index (κ1) is 110. The number of aryl methyl sites for hydroxylation is 6. The Bertz CT molecular complexity index is 6340. The summed E-state index contributed by atoms with van der Waals surface area (Å²) in [5.41, 5.74) is 27.7. The molecular formula is C91H103ClF4N11NaO17S8. The number of anilines is 9. The summed E-state index contributed by atoms with van der Waals surface area (Å²) in [4.78, 5) is 56.0. The molecule has 0 bridgehead atoms. The van der Waals surface area contributed by atoms with Crippen LogP contribution < -0.4 is 75.8 Å². The molecule has 0 aliphatic carbocycles. The minimum absolute atomic E-state index is 0. The van der Waals surface area contributed by atoms with E-state index in [1.807, 2.05) is 46.8 Å². The van der Waals surface area contributed by atoms with Gasteiger partial charge in [0.05, 0.1) is 101 Å². The molecule has 4 aromatic heterocycles. The fourth-order valence-electron chi connectivity index (χ4n) is 14.5. The molecule has 0 saturated carbocycles. The van der Waals surface area contributed by atoms with Gasteiger partial charge in [0, 0.05) is 113 Å². The summed E-state index contributed by atoms with van der Waals surface area (Å²) < 4.78 is 186. The molecule has 14 rings (SSSR count). The van der Waals surface area contributed by atoms with E-state index in [4.69, 9.17) is 41.6 Å². The summed E-state index contributed by atoms with van der Waals surface area (Å²) in [5, 5.41) is 19.8. The van der Waals surface area contributed by atoms with Crippen LogP contribution in [-0.4, -0.2) is 151 Å². The van der Waals surface area contributed by atoms with Gasteiger partial charge >= 0.3 is 41.5 Å². The summed E-state index contributed by atoms with van der Waals surface area (Å²) in [6.07, 6.45) is 0. The van der Waals surface area contributed by atoms with Crippen molar-refractivity contribution in [3.63, 3.8) is 0 Å². The fraction of sp³-hybridized carbons (Fsp3) is 0.308. The monoisotopic (exact) mass is 2010 g/mol. The number of carbonyl (C=O) groups excluding carboxylic acids is 4. The normalized spacial score (nSPS) is 13.0. The Balaban J connectivity index is 0.000000228. The molecule has 11 aromatic rings. The number of nitrogen functional groups attached to an aromatic ring is 2. The van der Waals surface area contributed by atoms with Crippen LogP contribution in [0.2, 0.25) is 0 Å². The number of nitrogens with zero attached hydrogens (tertiary/aromatic N) is 5. The fourth-order valence-corrected chi connectivity index (χ4v) is 22.7. The number of nitrogens with one attached hydrogen (secondary N) is 4. The molecule has 28 nitrogen and oxygen atoms in total. The molecule has 42 heteroatoms. The van der Waals surface area contributed by atoms with Crippen molar-refractivity contribution >= 4 is 176 Å². The van der Waals surface area contributed by atoms with Crippen molar-refractivity contribution in [3.8, 4) is 6.07 Å². The molecule has 0 radical (unpaired) electrons. The number of benzene rings is 7. The Hall–Kier alpha value is -10.2. The van der Waals surface area contributed by atoms with Gasteiger partial charge in [-0.25, -0.2) is 60.8 Å². The summed E-state index contributed by atoms with van der Waals surface area (Å²) in [6.45, 7) is 34.4. The van der Waals surface area contributed by atoms with Crippen LogP contribution in [0.25, 0.3) is 4.72 Å². The van der Waals surface area contributed by atoms with Crippen LogP contribution in [0.3, 0.4) is 0 Å². The topological polar surface area (TPSA) is 399 Å². The number of hydrogen-bond acceptors (Lipinski definition) is 27. The maximum Gasteiger partial charge on any atom is 1.00 e. The van der Waals surface area contributed by atoms with Gasteiger partial charge in [-0.2, -0.15) is 5.26 Å². The molecule has 133 heavy (non-hydrogen) atoms. The first-order chi connectivity index (χ1) is 62.3. The maximum atomic E-state index is 13.9. The number of ether oxygens (including phenoxy) is 5. The molecule has 0 atom stereocenters. The van der Waals surface area contributed by atoms with Gasteiger partial charge in [-0.05, 0) is 228 Å². The van der Waals surface area contributed by atoms with Crippen molar-refractivity contribution in [2.75, 3.05) is 139 Å². The van der Waals surface area contributed by atoms with Crippen molar-refractivity contribution in [1.82, 2.24) is 0 Å². The van der Waals surface area contributed by atoms with E-state index in [1.165, 1.54) is 174 Å². The van der Waals surface area contributed by atoms with Gasteiger partial charge in [-0.3, -0.25) is 19.0 Å². The van der Waals surface area contributed by atoms with Crippen molar-refractivity contribution in [2.45, 2.75) is 117 Å². The Morgan fingerprint density at radius 1 is 0.436 bits per heavy atom. The zero-order valence-corrected chi connectivity index (χ0v) is 85.5. The number of methoxy groups -OCH3 is 2. The molecule has 8 N–H and O–H groups in total. The quantitative estimate of drug-likeness (QED) is 0.0144. The molecule has 0 unspecified atom stereocenters. The number of morpholine rings is 3. The second-order valence-corrected chi connectivity index (χ2v) is 40.9. The smallest absolute Gasteiger partial charge is 0.571 e. The molecule has 3 aliphatic heterocycles. The van der Waals surface area contributed by atoms with Crippen LogP contribution in [0, 0.1) is 125 Å². The van der Waals surface area contributed by atoms with Crippen LogP contribution in [0.5, 0.6) is 0 Å². The van der Waals surface area contributed by atoms with Gasteiger partial charge in [-0.1, -0.05) is 48.5 Å². The number of thiophene rings is 4. The van der Waals surface area contributed by atoms with E-state index in [2.05, 4.69) is 82.7 Å². The van der Waals surface area contributed by atoms with E-state index >= 15 is 0 Å². The zero-order valence-electron chi connectivity index (χ0n) is 76.3.